The smallest absolute Gasteiger partial charge is 0.258 e. The van der Waals surface area contributed by atoms with Gasteiger partial charge in [0.2, 0.25) is 11.2 Å². The molecule has 1 aliphatic rings. The van der Waals surface area contributed by atoms with E-state index in [2.05, 4.69) is 46.0 Å². The molecule has 3 aromatic carbocycles. The molecule has 0 spiro atoms. The fourth-order valence-electron chi connectivity index (χ4n) is 4.14. The third-order valence-corrected chi connectivity index (χ3v) is 5.38. The number of aromatic nitrogens is 3. The third-order valence-electron chi connectivity index (χ3n) is 5.38. The number of hydrogen-bond acceptors (Lipinski definition) is 4. The summed E-state index contributed by atoms with van der Waals surface area (Å²) < 4.78 is 13.8. The minimum absolute atomic E-state index is 0.533. The van der Waals surface area contributed by atoms with Crippen LogP contribution in [-0.4, -0.2) is 10.1 Å². The average molecular weight is 366 g/mol. The van der Waals surface area contributed by atoms with E-state index in [4.69, 9.17) is 9.26 Å². The molecule has 0 amide bonds. The summed E-state index contributed by atoms with van der Waals surface area (Å²) in [5.74, 6) is 2.93. The van der Waals surface area contributed by atoms with Crippen molar-refractivity contribution in [1.29, 1.82) is 0 Å². The largest absolute Gasteiger partial charge is 0.456 e. The van der Waals surface area contributed by atoms with E-state index in [0.717, 1.165) is 44.6 Å². The van der Waals surface area contributed by atoms with Crippen molar-refractivity contribution >= 4 is 21.7 Å². The van der Waals surface area contributed by atoms with E-state index in [1.165, 1.54) is 5.39 Å². The Kier molecular flexibility index (Phi) is 2.95. The molecule has 0 radical (unpaired) electrons. The highest BCUT2D eigenvalue weighted by atomic mass is 16.5. The maximum Gasteiger partial charge on any atom is 0.258 e. The Morgan fingerprint density at radius 2 is 1.75 bits per heavy atom. The predicted octanol–water partition coefficient (Wildman–Crippen LogP) is 4.95. The van der Waals surface area contributed by atoms with Gasteiger partial charge in [0.1, 0.15) is 18.5 Å². The van der Waals surface area contributed by atoms with Crippen molar-refractivity contribution in [3.8, 4) is 34.2 Å². The second-order valence-electron chi connectivity index (χ2n) is 7.06. The normalized spacial score (nSPS) is 12.2. The van der Waals surface area contributed by atoms with Gasteiger partial charge >= 0.3 is 0 Å². The molecule has 0 saturated carbocycles. The lowest BCUT2D eigenvalue weighted by atomic mass is 9.95. The highest BCUT2D eigenvalue weighted by Crippen LogP contribution is 2.46. The summed E-state index contributed by atoms with van der Waals surface area (Å²) >= 11 is 0. The molecule has 0 aliphatic carbocycles. The fraction of sp³-hybridized carbons (Fsp3) is 0.0870. The molecule has 0 atom stereocenters. The van der Waals surface area contributed by atoms with Gasteiger partial charge in [-0.15, -0.1) is 0 Å². The maximum atomic E-state index is 6.20. The maximum absolute atomic E-state index is 6.20. The van der Waals surface area contributed by atoms with Gasteiger partial charge in [0.15, 0.2) is 5.82 Å². The zero-order valence-electron chi connectivity index (χ0n) is 15.4. The molecule has 5 heteroatoms. The zero-order valence-corrected chi connectivity index (χ0v) is 15.4. The first-order valence-corrected chi connectivity index (χ1v) is 9.17. The Balaban J connectivity index is 1.76. The van der Waals surface area contributed by atoms with Gasteiger partial charge in [0.25, 0.3) is 5.89 Å². The molecule has 28 heavy (non-hydrogen) atoms. The second-order valence-corrected chi connectivity index (χ2v) is 7.06. The van der Waals surface area contributed by atoms with Crippen molar-refractivity contribution in [1.82, 2.24) is 10.1 Å². The Hall–Kier alpha value is -3.73. The van der Waals surface area contributed by atoms with E-state index in [1.807, 2.05) is 43.3 Å². The summed E-state index contributed by atoms with van der Waals surface area (Å²) in [5.41, 5.74) is 4.25. The Morgan fingerprint density at radius 3 is 2.61 bits per heavy atom. The lowest BCUT2D eigenvalue weighted by Gasteiger charge is -2.20. The van der Waals surface area contributed by atoms with E-state index >= 15 is 0 Å². The SMILES string of the molecule is Cc1noc(-c2ccc3c4cccc5c4c([n+](C)c3c2)-c2ccccc2O5)n1. The Bertz CT molecular complexity index is 1420. The van der Waals surface area contributed by atoms with E-state index in [9.17, 15) is 0 Å². The quantitative estimate of drug-likeness (QED) is 0.305. The lowest BCUT2D eigenvalue weighted by Crippen LogP contribution is -2.33. The number of benzene rings is 3. The molecule has 1 aliphatic heterocycles. The molecule has 5 aromatic rings. The molecule has 0 N–H and O–H groups in total. The molecular weight excluding hydrogens is 350 g/mol. The molecule has 0 saturated heterocycles. The van der Waals surface area contributed by atoms with Crippen molar-refractivity contribution in [2.45, 2.75) is 6.92 Å². The molecule has 134 valence electrons. The van der Waals surface area contributed by atoms with Crippen LogP contribution < -0.4 is 9.30 Å². The molecule has 3 heterocycles. The Morgan fingerprint density at radius 1 is 0.893 bits per heavy atom. The van der Waals surface area contributed by atoms with E-state index < -0.39 is 0 Å². The first-order valence-electron chi connectivity index (χ1n) is 9.17. The second kappa shape index (κ2) is 5.39. The van der Waals surface area contributed by atoms with Crippen LogP contribution in [0.4, 0.5) is 0 Å². The van der Waals surface area contributed by atoms with Gasteiger partial charge in [-0.05, 0) is 37.3 Å². The van der Waals surface area contributed by atoms with Crippen LogP contribution in [0.1, 0.15) is 5.82 Å². The van der Waals surface area contributed by atoms with E-state index in [-0.39, 0.29) is 0 Å². The summed E-state index contributed by atoms with van der Waals surface area (Å²) in [6.45, 7) is 1.82. The van der Waals surface area contributed by atoms with Gasteiger partial charge in [0.05, 0.1) is 16.3 Å². The molecule has 0 unspecified atom stereocenters. The van der Waals surface area contributed by atoms with Crippen LogP contribution in [0.25, 0.3) is 44.4 Å². The van der Waals surface area contributed by atoms with E-state index in [0.29, 0.717) is 11.7 Å². The average Bonchev–Trinajstić information content (AvgIpc) is 3.16. The summed E-state index contributed by atoms with van der Waals surface area (Å²) in [6.07, 6.45) is 0. The van der Waals surface area contributed by atoms with Crippen molar-refractivity contribution in [2.24, 2.45) is 7.05 Å². The summed E-state index contributed by atoms with van der Waals surface area (Å²) in [5, 5.41) is 7.39. The van der Waals surface area contributed by atoms with Crippen LogP contribution in [0.15, 0.2) is 65.2 Å². The van der Waals surface area contributed by atoms with Gasteiger partial charge in [0, 0.05) is 17.0 Å². The van der Waals surface area contributed by atoms with Crippen LogP contribution in [0.5, 0.6) is 11.5 Å². The molecule has 2 aromatic heterocycles. The van der Waals surface area contributed by atoms with Gasteiger partial charge in [-0.25, -0.2) is 0 Å². The third kappa shape index (κ3) is 1.98. The molecule has 0 fully saturated rings. The number of fused-ring (bicyclic) bond motifs is 4. The van der Waals surface area contributed by atoms with Crippen molar-refractivity contribution in [3.63, 3.8) is 0 Å². The molecule has 6 rings (SSSR count). The van der Waals surface area contributed by atoms with Crippen molar-refractivity contribution < 1.29 is 13.8 Å². The van der Waals surface area contributed by atoms with Crippen LogP contribution in [0, 0.1) is 6.92 Å². The highest BCUT2D eigenvalue weighted by Gasteiger charge is 2.29. The predicted molar refractivity (Wildman–Crippen MR) is 106 cm³/mol. The monoisotopic (exact) mass is 366 g/mol. The van der Waals surface area contributed by atoms with Gasteiger partial charge in [-0.1, -0.05) is 29.4 Å². The number of aryl methyl sites for hydroxylation is 2. The van der Waals surface area contributed by atoms with Crippen LogP contribution in [0.2, 0.25) is 0 Å². The topological polar surface area (TPSA) is 52.0 Å². The van der Waals surface area contributed by atoms with Crippen LogP contribution in [0.3, 0.4) is 0 Å². The van der Waals surface area contributed by atoms with Crippen LogP contribution >= 0.6 is 0 Å². The number of para-hydroxylation sites is 1. The minimum Gasteiger partial charge on any atom is -0.456 e. The first-order chi connectivity index (χ1) is 13.7. The summed E-state index contributed by atoms with van der Waals surface area (Å²) in [6, 6.07) is 20.7. The molecular formula is C23H16N3O2+. The zero-order chi connectivity index (χ0) is 18.8. The number of rotatable bonds is 1. The molecule has 0 bridgehead atoms. The Labute approximate surface area is 160 Å². The number of pyridine rings is 1. The standard InChI is InChI=1S/C23H16N3O2/c1-13-24-23(28-25-13)14-10-11-15-16-7-5-9-20-21(16)22(26(2)18(15)12-14)17-6-3-4-8-19(17)27-20/h3-12H,1-2H3/q+1. The number of nitrogens with zero attached hydrogens (tertiary/aromatic N) is 3. The van der Waals surface area contributed by atoms with Crippen LogP contribution in [-0.2, 0) is 7.05 Å². The van der Waals surface area contributed by atoms with E-state index in [1.54, 1.807) is 0 Å². The van der Waals surface area contributed by atoms with Crippen molar-refractivity contribution in [2.75, 3.05) is 0 Å². The number of ether oxygens (including phenoxy) is 1. The first kappa shape index (κ1) is 15.3. The number of hydrogen-bond donors (Lipinski definition) is 0. The lowest BCUT2D eigenvalue weighted by molar-refractivity contribution is -0.632. The van der Waals surface area contributed by atoms with Gasteiger partial charge in [-0.3, -0.25) is 0 Å². The van der Waals surface area contributed by atoms with Gasteiger partial charge < -0.3 is 9.26 Å². The summed E-state index contributed by atoms with van der Waals surface area (Å²) in [4.78, 5) is 4.38. The fourth-order valence-corrected chi connectivity index (χ4v) is 4.14. The molecule has 5 nitrogen and oxygen atoms in total. The van der Waals surface area contributed by atoms with Gasteiger partial charge in [-0.2, -0.15) is 9.55 Å². The minimum atomic E-state index is 0.533. The van der Waals surface area contributed by atoms with Crippen molar-refractivity contribution in [3.05, 3.63) is 66.5 Å². The summed E-state index contributed by atoms with van der Waals surface area (Å²) in [7, 11) is 2.10. The highest BCUT2D eigenvalue weighted by molar-refractivity contribution is 6.13.